The molecule has 4 heterocycles. The Morgan fingerprint density at radius 3 is 2.67 bits per heavy atom. The second kappa shape index (κ2) is 8.57. The van der Waals surface area contributed by atoms with Gasteiger partial charge in [-0.1, -0.05) is 19.1 Å². The highest BCUT2D eigenvalue weighted by Crippen LogP contribution is 2.25. The number of Topliss-reactive ketones (excluding diaryl/α,β-unsaturated/α-hetero) is 1. The van der Waals surface area contributed by atoms with Crippen LogP contribution < -0.4 is 4.90 Å². The van der Waals surface area contributed by atoms with Crippen molar-refractivity contribution in [2.45, 2.75) is 39.7 Å². The lowest BCUT2D eigenvalue weighted by molar-refractivity contribution is -0.123. The summed E-state index contributed by atoms with van der Waals surface area (Å²) in [4.78, 5) is 35.5. The van der Waals surface area contributed by atoms with Gasteiger partial charge in [-0.3, -0.25) is 24.5 Å². The number of nitrogens with zero attached hydrogens (tertiary/aromatic N) is 5. The molecule has 0 spiro atoms. The van der Waals surface area contributed by atoms with Gasteiger partial charge in [0.05, 0.1) is 5.69 Å². The van der Waals surface area contributed by atoms with Gasteiger partial charge in [0.2, 0.25) is 5.91 Å². The van der Waals surface area contributed by atoms with Gasteiger partial charge in [-0.05, 0) is 25.0 Å². The summed E-state index contributed by atoms with van der Waals surface area (Å²) in [6.07, 6.45) is 5.90. The van der Waals surface area contributed by atoms with Gasteiger partial charge in [0.1, 0.15) is 11.6 Å². The number of aryl methyl sites for hydroxylation is 1. The van der Waals surface area contributed by atoms with Crippen LogP contribution >= 0.6 is 0 Å². The largest absolute Gasteiger partial charge is 0.299 e. The van der Waals surface area contributed by atoms with Gasteiger partial charge in [0.25, 0.3) is 0 Å². The number of amides is 1. The summed E-state index contributed by atoms with van der Waals surface area (Å²) >= 11 is 0. The summed E-state index contributed by atoms with van der Waals surface area (Å²) in [5.74, 6) is 1.14. The van der Waals surface area contributed by atoms with E-state index in [0.29, 0.717) is 18.2 Å². The van der Waals surface area contributed by atoms with Crippen molar-refractivity contribution in [1.82, 2.24) is 19.7 Å². The van der Waals surface area contributed by atoms with Gasteiger partial charge in [0.15, 0.2) is 0 Å². The Bertz CT molecular complexity index is 1040. The number of carbonyl (C=O) groups is 2. The summed E-state index contributed by atoms with van der Waals surface area (Å²) in [7, 11) is 0. The SMILES string of the molecule is Cc1cc2n(n1)C[C@@H](C)CN2C(=O)CCC(=O)Cc1ccc(-c2cccnc2)cn1. The molecule has 4 rings (SSSR count). The van der Waals surface area contributed by atoms with Crippen molar-refractivity contribution < 1.29 is 9.59 Å². The number of hydrogen-bond donors (Lipinski definition) is 0. The van der Waals surface area contributed by atoms with Crippen LogP contribution in [0, 0.1) is 12.8 Å². The lowest BCUT2D eigenvalue weighted by Crippen LogP contribution is -2.41. The molecule has 0 saturated carbocycles. The third-order valence-corrected chi connectivity index (χ3v) is 5.25. The molecule has 0 unspecified atom stereocenters. The molecule has 0 radical (unpaired) electrons. The fraction of sp³-hybridized carbons (Fsp3) is 0.348. The molecule has 0 N–H and O–H groups in total. The van der Waals surface area contributed by atoms with Crippen LogP contribution in [0.5, 0.6) is 0 Å². The molecule has 1 aliphatic heterocycles. The molecule has 0 aromatic carbocycles. The zero-order chi connectivity index (χ0) is 21.1. The molecule has 30 heavy (non-hydrogen) atoms. The summed E-state index contributed by atoms with van der Waals surface area (Å²) in [6, 6.07) is 9.57. The standard InChI is InChI=1S/C23H25N5O2/c1-16-14-27(22-10-17(2)26-28(22)15-16)23(30)8-7-21(29)11-20-6-5-19(13-25-20)18-4-3-9-24-12-18/h3-6,9-10,12-13,16H,7-8,11,14-15H2,1-2H3/t16-/m0/s1. The van der Waals surface area contributed by atoms with E-state index in [0.717, 1.165) is 29.2 Å². The average molecular weight is 403 g/mol. The first-order chi connectivity index (χ1) is 14.5. The van der Waals surface area contributed by atoms with Gasteiger partial charge in [0, 0.05) is 73.8 Å². The van der Waals surface area contributed by atoms with Crippen LogP contribution in [0.3, 0.4) is 0 Å². The van der Waals surface area contributed by atoms with Crippen LogP contribution in [-0.4, -0.2) is 38.0 Å². The molecule has 0 bridgehead atoms. The molecule has 3 aromatic rings. The Balaban J connectivity index is 1.33. The lowest BCUT2D eigenvalue weighted by Gasteiger charge is -2.31. The number of aromatic nitrogens is 4. The van der Waals surface area contributed by atoms with Crippen LogP contribution in [0.25, 0.3) is 11.1 Å². The molecule has 7 heteroatoms. The van der Waals surface area contributed by atoms with Gasteiger partial charge < -0.3 is 0 Å². The van der Waals surface area contributed by atoms with Crippen LogP contribution in [0.2, 0.25) is 0 Å². The first-order valence-corrected chi connectivity index (χ1v) is 10.2. The van der Waals surface area contributed by atoms with E-state index in [4.69, 9.17) is 0 Å². The molecular formula is C23H25N5O2. The van der Waals surface area contributed by atoms with Crippen LogP contribution in [-0.2, 0) is 22.6 Å². The van der Waals surface area contributed by atoms with Crippen molar-refractivity contribution in [3.63, 3.8) is 0 Å². The van der Waals surface area contributed by atoms with Gasteiger partial charge >= 0.3 is 0 Å². The number of rotatable bonds is 6. The van der Waals surface area contributed by atoms with Crippen LogP contribution in [0.1, 0.15) is 31.2 Å². The molecule has 1 amide bonds. The minimum Gasteiger partial charge on any atom is -0.299 e. The second-order valence-corrected chi connectivity index (χ2v) is 7.93. The average Bonchev–Trinajstić information content (AvgIpc) is 3.12. The summed E-state index contributed by atoms with van der Waals surface area (Å²) < 4.78 is 1.89. The first kappa shape index (κ1) is 19.9. The zero-order valence-electron chi connectivity index (χ0n) is 17.3. The summed E-state index contributed by atoms with van der Waals surface area (Å²) in [6.45, 7) is 5.50. The number of ketones is 1. The number of fused-ring (bicyclic) bond motifs is 1. The smallest absolute Gasteiger partial charge is 0.228 e. The third kappa shape index (κ3) is 4.45. The zero-order valence-corrected chi connectivity index (χ0v) is 17.3. The fourth-order valence-corrected chi connectivity index (χ4v) is 3.78. The molecule has 1 atom stereocenters. The maximum Gasteiger partial charge on any atom is 0.228 e. The van der Waals surface area contributed by atoms with Crippen LogP contribution in [0.4, 0.5) is 5.82 Å². The molecule has 3 aromatic heterocycles. The predicted molar refractivity (Wildman–Crippen MR) is 114 cm³/mol. The quantitative estimate of drug-likeness (QED) is 0.631. The highest BCUT2D eigenvalue weighted by Gasteiger charge is 2.27. The van der Waals surface area contributed by atoms with Crippen molar-refractivity contribution in [2.24, 2.45) is 5.92 Å². The summed E-state index contributed by atoms with van der Waals surface area (Å²) in [5, 5.41) is 4.46. The molecular weight excluding hydrogens is 378 g/mol. The summed E-state index contributed by atoms with van der Waals surface area (Å²) in [5.41, 5.74) is 3.55. The van der Waals surface area contributed by atoms with Gasteiger partial charge in [-0.15, -0.1) is 0 Å². The topological polar surface area (TPSA) is 81.0 Å². The Labute approximate surface area is 175 Å². The van der Waals surface area contributed by atoms with Crippen molar-refractivity contribution in [3.8, 4) is 11.1 Å². The van der Waals surface area contributed by atoms with E-state index in [1.807, 2.05) is 41.9 Å². The van der Waals surface area contributed by atoms with E-state index in [1.54, 1.807) is 23.5 Å². The van der Waals surface area contributed by atoms with Gasteiger partial charge in [-0.25, -0.2) is 4.68 Å². The Hall–Kier alpha value is -3.35. The second-order valence-electron chi connectivity index (χ2n) is 7.93. The van der Waals surface area contributed by atoms with E-state index in [2.05, 4.69) is 22.0 Å². The fourth-order valence-electron chi connectivity index (χ4n) is 3.78. The van der Waals surface area contributed by atoms with E-state index in [9.17, 15) is 9.59 Å². The number of anilines is 1. The monoisotopic (exact) mass is 403 g/mol. The van der Waals surface area contributed by atoms with E-state index in [1.165, 1.54) is 0 Å². The minimum atomic E-state index is -0.0315. The minimum absolute atomic E-state index is 0.0136. The van der Waals surface area contributed by atoms with E-state index >= 15 is 0 Å². The van der Waals surface area contributed by atoms with Crippen molar-refractivity contribution >= 4 is 17.5 Å². The molecule has 0 saturated heterocycles. The Morgan fingerprint density at radius 1 is 1.10 bits per heavy atom. The lowest BCUT2D eigenvalue weighted by atomic mass is 10.1. The normalized spacial score (nSPS) is 15.7. The van der Waals surface area contributed by atoms with Crippen molar-refractivity contribution in [2.75, 3.05) is 11.4 Å². The number of carbonyl (C=O) groups excluding carboxylic acids is 2. The number of hydrogen-bond acceptors (Lipinski definition) is 5. The first-order valence-electron chi connectivity index (χ1n) is 10.2. The van der Waals surface area contributed by atoms with E-state index < -0.39 is 0 Å². The molecule has 0 fully saturated rings. The highest BCUT2D eigenvalue weighted by molar-refractivity contribution is 5.95. The highest BCUT2D eigenvalue weighted by atomic mass is 16.2. The van der Waals surface area contributed by atoms with E-state index in [-0.39, 0.29) is 31.0 Å². The molecule has 7 nitrogen and oxygen atoms in total. The predicted octanol–water partition coefficient (Wildman–Crippen LogP) is 3.22. The third-order valence-electron chi connectivity index (χ3n) is 5.25. The Morgan fingerprint density at radius 2 is 1.93 bits per heavy atom. The molecule has 154 valence electrons. The van der Waals surface area contributed by atoms with Gasteiger partial charge in [-0.2, -0.15) is 5.10 Å². The number of pyridine rings is 2. The molecule has 0 aliphatic carbocycles. The Kier molecular flexibility index (Phi) is 5.70. The maximum absolute atomic E-state index is 12.8. The molecule has 1 aliphatic rings. The van der Waals surface area contributed by atoms with Crippen molar-refractivity contribution in [3.05, 3.63) is 60.3 Å². The van der Waals surface area contributed by atoms with Crippen molar-refractivity contribution in [1.29, 1.82) is 0 Å². The maximum atomic E-state index is 12.8. The van der Waals surface area contributed by atoms with Crippen LogP contribution in [0.15, 0.2) is 48.9 Å².